The average Bonchev–Trinajstić information content (AvgIpc) is 3.02. The van der Waals surface area contributed by atoms with Crippen molar-refractivity contribution in [2.24, 2.45) is 5.41 Å². The minimum atomic E-state index is -0.0284. The zero-order chi connectivity index (χ0) is 12.6. The van der Waals surface area contributed by atoms with Gasteiger partial charge in [-0.05, 0) is 63.3 Å². The first-order valence-electron chi connectivity index (χ1n) is 8.19. The van der Waals surface area contributed by atoms with Gasteiger partial charge in [0.1, 0.15) is 0 Å². The number of hydrogen-bond donors (Lipinski definition) is 1. The summed E-state index contributed by atoms with van der Waals surface area (Å²) in [7, 11) is 0. The van der Waals surface area contributed by atoms with Crippen LogP contribution in [0.1, 0.15) is 71.1 Å². The zero-order valence-electron chi connectivity index (χ0n) is 11.9. The van der Waals surface area contributed by atoms with Gasteiger partial charge in [0.2, 0.25) is 0 Å². The molecule has 3 unspecified atom stereocenters. The molecule has 2 aliphatic carbocycles. The molecule has 0 amide bonds. The summed E-state index contributed by atoms with van der Waals surface area (Å²) in [4.78, 5) is 2.80. The zero-order valence-corrected chi connectivity index (χ0v) is 11.9. The molecule has 2 saturated carbocycles. The summed E-state index contributed by atoms with van der Waals surface area (Å²) in [6.45, 7) is 3.63. The highest BCUT2D eigenvalue weighted by Gasteiger charge is 2.48. The predicted octanol–water partition coefficient (Wildman–Crippen LogP) is 3.33. The SMILES string of the molecule is CCC1CCCN1C1CC(O)CCC12CCCC2. The van der Waals surface area contributed by atoms with Gasteiger partial charge in [0, 0.05) is 12.1 Å². The van der Waals surface area contributed by atoms with Crippen LogP contribution in [-0.4, -0.2) is 34.7 Å². The van der Waals surface area contributed by atoms with Crippen LogP contribution in [0.2, 0.25) is 0 Å². The van der Waals surface area contributed by atoms with Crippen molar-refractivity contribution in [3.8, 4) is 0 Å². The van der Waals surface area contributed by atoms with Crippen molar-refractivity contribution >= 4 is 0 Å². The Kier molecular flexibility index (Phi) is 3.68. The van der Waals surface area contributed by atoms with Crippen LogP contribution in [0.15, 0.2) is 0 Å². The van der Waals surface area contributed by atoms with Gasteiger partial charge in [-0.1, -0.05) is 19.8 Å². The van der Waals surface area contributed by atoms with Gasteiger partial charge in [-0.25, -0.2) is 0 Å². The Balaban J connectivity index is 1.81. The average molecular weight is 251 g/mol. The van der Waals surface area contributed by atoms with Crippen LogP contribution in [0.3, 0.4) is 0 Å². The van der Waals surface area contributed by atoms with E-state index in [4.69, 9.17) is 0 Å². The molecule has 0 bridgehead atoms. The first-order chi connectivity index (χ1) is 8.75. The highest BCUT2D eigenvalue weighted by molar-refractivity contribution is 5.02. The van der Waals surface area contributed by atoms with E-state index >= 15 is 0 Å². The molecule has 3 aliphatic rings. The van der Waals surface area contributed by atoms with Crippen LogP contribution in [0, 0.1) is 5.41 Å². The number of likely N-dealkylation sites (tertiary alicyclic amines) is 1. The molecule has 104 valence electrons. The molecule has 0 aromatic heterocycles. The van der Waals surface area contributed by atoms with E-state index in [-0.39, 0.29) is 6.10 Å². The Morgan fingerprint density at radius 2 is 1.89 bits per heavy atom. The molecule has 0 radical (unpaired) electrons. The topological polar surface area (TPSA) is 23.5 Å². The Labute approximate surface area is 112 Å². The van der Waals surface area contributed by atoms with E-state index in [0.717, 1.165) is 18.9 Å². The lowest BCUT2D eigenvalue weighted by Crippen LogP contribution is -2.53. The molecule has 0 aromatic carbocycles. The minimum Gasteiger partial charge on any atom is -0.393 e. The van der Waals surface area contributed by atoms with E-state index in [0.29, 0.717) is 11.5 Å². The van der Waals surface area contributed by atoms with Gasteiger partial charge in [0.25, 0.3) is 0 Å². The highest BCUT2D eigenvalue weighted by Crippen LogP contribution is 2.52. The maximum absolute atomic E-state index is 10.1. The van der Waals surface area contributed by atoms with Crippen LogP contribution >= 0.6 is 0 Å². The number of aliphatic hydroxyl groups is 1. The molecular weight excluding hydrogens is 222 g/mol. The summed E-state index contributed by atoms with van der Waals surface area (Å²) in [6.07, 6.45) is 13.1. The Morgan fingerprint density at radius 3 is 2.61 bits per heavy atom. The molecule has 1 N–H and O–H groups in total. The first-order valence-corrected chi connectivity index (χ1v) is 8.19. The van der Waals surface area contributed by atoms with Crippen molar-refractivity contribution in [1.82, 2.24) is 4.90 Å². The van der Waals surface area contributed by atoms with E-state index < -0.39 is 0 Å². The molecular formula is C16H29NO. The molecule has 3 fully saturated rings. The molecule has 3 atom stereocenters. The fourth-order valence-electron chi connectivity index (χ4n) is 5.10. The number of aliphatic hydroxyl groups excluding tert-OH is 1. The lowest BCUT2D eigenvalue weighted by atomic mass is 9.67. The van der Waals surface area contributed by atoms with Crippen molar-refractivity contribution in [3.05, 3.63) is 0 Å². The van der Waals surface area contributed by atoms with Crippen LogP contribution < -0.4 is 0 Å². The Hall–Kier alpha value is -0.0800. The van der Waals surface area contributed by atoms with Crippen molar-refractivity contribution in [3.63, 3.8) is 0 Å². The second-order valence-corrected chi connectivity index (χ2v) is 6.96. The number of hydrogen-bond acceptors (Lipinski definition) is 2. The summed E-state index contributed by atoms with van der Waals surface area (Å²) >= 11 is 0. The third-order valence-corrected chi connectivity index (χ3v) is 6.07. The molecule has 2 heteroatoms. The van der Waals surface area contributed by atoms with Gasteiger partial charge in [-0.15, -0.1) is 0 Å². The third-order valence-electron chi connectivity index (χ3n) is 6.07. The summed E-state index contributed by atoms with van der Waals surface area (Å²) in [5.74, 6) is 0. The van der Waals surface area contributed by atoms with Gasteiger partial charge in [0.05, 0.1) is 6.10 Å². The third kappa shape index (κ3) is 2.12. The number of nitrogens with zero attached hydrogens (tertiary/aromatic N) is 1. The monoisotopic (exact) mass is 251 g/mol. The van der Waals surface area contributed by atoms with Gasteiger partial charge < -0.3 is 5.11 Å². The molecule has 1 spiro atoms. The van der Waals surface area contributed by atoms with E-state index in [1.165, 1.54) is 57.9 Å². The normalized spacial score (nSPS) is 40.7. The van der Waals surface area contributed by atoms with Crippen LogP contribution in [0.5, 0.6) is 0 Å². The maximum Gasteiger partial charge on any atom is 0.0555 e. The molecule has 1 aliphatic heterocycles. The van der Waals surface area contributed by atoms with Gasteiger partial charge in [0.15, 0.2) is 0 Å². The predicted molar refractivity (Wildman–Crippen MR) is 74.6 cm³/mol. The summed E-state index contributed by atoms with van der Waals surface area (Å²) < 4.78 is 0. The molecule has 0 aromatic rings. The molecule has 1 heterocycles. The largest absolute Gasteiger partial charge is 0.393 e. The minimum absolute atomic E-state index is 0.0284. The fourth-order valence-corrected chi connectivity index (χ4v) is 5.10. The molecule has 3 rings (SSSR count). The Morgan fingerprint density at radius 1 is 1.11 bits per heavy atom. The lowest BCUT2D eigenvalue weighted by Gasteiger charge is -2.49. The van der Waals surface area contributed by atoms with E-state index in [1.54, 1.807) is 0 Å². The van der Waals surface area contributed by atoms with Crippen molar-refractivity contribution in [2.45, 2.75) is 89.3 Å². The van der Waals surface area contributed by atoms with Gasteiger partial charge >= 0.3 is 0 Å². The smallest absolute Gasteiger partial charge is 0.0555 e. The summed E-state index contributed by atoms with van der Waals surface area (Å²) in [5, 5.41) is 10.1. The maximum atomic E-state index is 10.1. The summed E-state index contributed by atoms with van der Waals surface area (Å²) in [6, 6.07) is 1.49. The van der Waals surface area contributed by atoms with E-state index in [9.17, 15) is 5.11 Å². The Bertz CT molecular complexity index is 285. The standard InChI is InChI=1S/C16H29NO/c1-2-13-6-5-11-17(13)15-12-14(18)7-10-16(15)8-3-4-9-16/h13-15,18H,2-12H2,1H3. The molecule has 18 heavy (non-hydrogen) atoms. The molecule has 1 saturated heterocycles. The lowest BCUT2D eigenvalue weighted by molar-refractivity contribution is -0.0319. The van der Waals surface area contributed by atoms with Crippen molar-refractivity contribution < 1.29 is 5.11 Å². The fraction of sp³-hybridized carbons (Fsp3) is 1.00. The van der Waals surface area contributed by atoms with Crippen molar-refractivity contribution in [1.29, 1.82) is 0 Å². The van der Waals surface area contributed by atoms with Gasteiger partial charge in [-0.3, -0.25) is 4.90 Å². The van der Waals surface area contributed by atoms with Crippen LogP contribution in [-0.2, 0) is 0 Å². The van der Waals surface area contributed by atoms with Crippen LogP contribution in [0.25, 0.3) is 0 Å². The first kappa shape index (κ1) is 12.9. The quantitative estimate of drug-likeness (QED) is 0.813. The second kappa shape index (κ2) is 5.13. The van der Waals surface area contributed by atoms with E-state index in [2.05, 4.69) is 11.8 Å². The molecule has 2 nitrogen and oxygen atoms in total. The van der Waals surface area contributed by atoms with Crippen molar-refractivity contribution in [2.75, 3.05) is 6.54 Å². The van der Waals surface area contributed by atoms with Gasteiger partial charge in [-0.2, -0.15) is 0 Å². The summed E-state index contributed by atoms with van der Waals surface area (Å²) in [5.41, 5.74) is 0.580. The second-order valence-electron chi connectivity index (χ2n) is 6.96. The number of rotatable bonds is 2. The van der Waals surface area contributed by atoms with E-state index in [1.807, 2.05) is 0 Å². The van der Waals surface area contributed by atoms with Crippen LogP contribution in [0.4, 0.5) is 0 Å². The highest BCUT2D eigenvalue weighted by atomic mass is 16.3.